The van der Waals surface area contributed by atoms with Crippen LogP contribution in [0.15, 0.2) is 65.1 Å². The highest BCUT2D eigenvalue weighted by molar-refractivity contribution is 5.98. The van der Waals surface area contributed by atoms with Crippen molar-refractivity contribution >= 4 is 22.9 Å². The Bertz CT molecular complexity index is 1440. The van der Waals surface area contributed by atoms with Gasteiger partial charge < -0.3 is 19.2 Å². The number of ether oxygens (including phenoxy) is 2. The third kappa shape index (κ3) is 4.85. The summed E-state index contributed by atoms with van der Waals surface area (Å²) in [6.07, 6.45) is 1.52. The van der Waals surface area contributed by atoms with E-state index in [-0.39, 0.29) is 23.1 Å². The summed E-state index contributed by atoms with van der Waals surface area (Å²) in [5.74, 6) is -2.12. The number of halogens is 2. The normalized spacial score (nSPS) is 15.2. The zero-order chi connectivity index (χ0) is 25.2. The van der Waals surface area contributed by atoms with Crippen molar-refractivity contribution in [2.75, 3.05) is 6.54 Å². The summed E-state index contributed by atoms with van der Waals surface area (Å²) in [5.41, 5.74) is 2.34. The highest BCUT2D eigenvalue weighted by Gasteiger charge is 2.26. The molecule has 0 amide bonds. The van der Waals surface area contributed by atoms with E-state index < -0.39 is 29.6 Å². The van der Waals surface area contributed by atoms with Crippen molar-refractivity contribution in [1.29, 1.82) is 0 Å². The van der Waals surface area contributed by atoms with E-state index >= 15 is 0 Å². The lowest BCUT2D eigenvalue weighted by atomic mass is 10.0. The van der Waals surface area contributed by atoms with E-state index in [9.17, 15) is 18.4 Å². The second kappa shape index (κ2) is 9.91. The molecule has 0 radical (unpaired) electrons. The van der Waals surface area contributed by atoms with Crippen LogP contribution < -0.4 is 10.1 Å². The molecule has 1 aliphatic rings. The second-order valence-corrected chi connectivity index (χ2v) is 8.69. The first-order chi connectivity index (χ1) is 17.4. The molecule has 0 unspecified atom stereocenters. The highest BCUT2D eigenvalue weighted by atomic mass is 19.2. The number of fused-ring (bicyclic) bond motifs is 1. The van der Waals surface area contributed by atoms with Crippen molar-refractivity contribution in [1.82, 2.24) is 5.32 Å². The van der Waals surface area contributed by atoms with Crippen molar-refractivity contribution in [2.45, 2.75) is 32.4 Å². The number of hydrogen-bond acceptors (Lipinski definition) is 6. The van der Waals surface area contributed by atoms with Gasteiger partial charge in [0.15, 0.2) is 11.6 Å². The molecule has 0 spiro atoms. The maximum absolute atomic E-state index is 14.1. The third-order valence-electron chi connectivity index (χ3n) is 6.09. The standard InChI is InChI=1S/C28H23F2NO5/c1-16-12-22-25(30)23(29)14-21(26(22)35-16)18-7-9-20(10-8-18)34-15-17-4-2-5-19(13-17)27(32)36-28(33)24-6-3-11-31-24/h2,4-5,7-10,12-14,24,31H,3,6,11,15H2,1H3/t24-/m0/s1. The summed E-state index contributed by atoms with van der Waals surface area (Å²) < 4.78 is 44.7. The van der Waals surface area contributed by atoms with Crippen molar-refractivity contribution < 1.29 is 32.3 Å². The van der Waals surface area contributed by atoms with Crippen LogP contribution in [0.4, 0.5) is 8.78 Å². The van der Waals surface area contributed by atoms with Crippen molar-refractivity contribution in [3.8, 4) is 16.9 Å². The van der Waals surface area contributed by atoms with Gasteiger partial charge in [0.05, 0.1) is 10.9 Å². The van der Waals surface area contributed by atoms with Crippen molar-refractivity contribution in [3.05, 3.63) is 89.2 Å². The molecule has 1 saturated heterocycles. The Kier molecular flexibility index (Phi) is 6.52. The number of nitrogens with one attached hydrogen (secondary N) is 1. The largest absolute Gasteiger partial charge is 0.489 e. The lowest BCUT2D eigenvalue weighted by molar-refractivity contribution is -0.139. The molecule has 1 aromatic heterocycles. The van der Waals surface area contributed by atoms with Gasteiger partial charge in [-0.15, -0.1) is 0 Å². The van der Waals surface area contributed by atoms with E-state index in [0.29, 0.717) is 34.6 Å². The molecule has 0 saturated carbocycles. The number of benzene rings is 3. The zero-order valence-corrected chi connectivity index (χ0v) is 19.5. The Morgan fingerprint density at radius 2 is 1.89 bits per heavy atom. The Morgan fingerprint density at radius 1 is 1.08 bits per heavy atom. The molecule has 36 heavy (non-hydrogen) atoms. The van der Waals surface area contributed by atoms with Crippen LogP contribution >= 0.6 is 0 Å². The van der Waals surface area contributed by atoms with Crippen LogP contribution in [-0.4, -0.2) is 24.5 Å². The summed E-state index contributed by atoms with van der Waals surface area (Å²) in [6, 6.07) is 15.7. The number of esters is 2. The molecule has 6 nitrogen and oxygen atoms in total. The van der Waals surface area contributed by atoms with Crippen LogP contribution in [0.25, 0.3) is 22.1 Å². The van der Waals surface area contributed by atoms with Gasteiger partial charge in [0, 0.05) is 5.56 Å². The van der Waals surface area contributed by atoms with E-state index in [1.54, 1.807) is 55.5 Å². The summed E-state index contributed by atoms with van der Waals surface area (Å²) in [5, 5.41) is 3.10. The lowest BCUT2D eigenvalue weighted by Gasteiger charge is -2.10. The van der Waals surface area contributed by atoms with Gasteiger partial charge in [0.2, 0.25) is 0 Å². The molecule has 1 atom stereocenters. The van der Waals surface area contributed by atoms with Gasteiger partial charge in [-0.3, -0.25) is 0 Å². The predicted octanol–water partition coefficient (Wildman–Crippen LogP) is 5.70. The first-order valence-corrected chi connectivity index (χ1v) is 11.6. The number of carbonyl (C=O) groups is 2. The second-order valence-electron chi connectivity index (χ2n) is 8.69. The summed E-state index contributed by atoms with van der Waals surface area (Å²) in [6.45, 7) is 2.58. The molecule has 2 heterocycles. The van der Waals surface area contributed by atoms with Gasteiger partial charge in [-0.25, -0.2) is 18.4 Å². The monoisotopic (exact) mass is 491 g/mol. The molecule has 1 aliphatic heterocycles. The van der Waals surface area contributed by atoms with Gasteiger partial charge >= 0.3 is 11.9 Å². The lowest BCUT2D eigenvalue weighted by Crippen LogP contribution is -2.33. The molecule has 1 N–H and O–H groups in total. The molecule has 184 valence electrons. The third-order valence-corrected chi connectivity index (χ3v) is 6.09. The topological polar surface area (TPSA) is 77.8 Å². The van der Waals surface area contributed by atoms with Crippen LogP contribution in [0.1, 0.15) is 34.5 Å². The number of carbonyl (C=O) groups excluding carboxylic acids is 2. The zero-order valence-electron chi connectivity index (χ0n) is 19.5. The molecule has 4 aromatic rings. The molecule has 0 aliphatic carbocycles. The molecule has 1 fully saturated rings. The molecule has 3 aromatic carbocycles. The minimum atomic E-state index is -0.946. The first kappa shape index (κ1) is 23.7. The van der Waals surface area contributed by atoms with E-state index in [0.717, 1.165) is 19.0 Å². The molecule has 0 bridgehead atoms. The van der Waals surface area contributed by atoms with Crippen LogP contribution in [0.3, 0.4) is 0 Å². The van der Waals surface area contributed by atoms with Crippen LogP contribution in [-0.2, 0) is 16.1 Å². The molecular weight excluding hydrogens is 468 g/mol. The fraction of sp³-hybridized carbons (Fsp3) is 0.214. The van der Waals surface area contributed by atoms with Crippen molar-refractivity contribution in [2.24, 2.45) is 0 Å². The maximum Gasteiger partial charge on any atom is 0.345 e. The number of rotatable bonds is 6. The smallest absolute Gasteiger partial charge is 0.345 e. The Morgan fingerprint density at radius 3 is 2.64 bits per heavy atom. The van der Waals surface area contributed by atoms with Gasteiger partial charge in [0.25, 0.3) is 0 Å². The average molecular weight is 491 g/mol. The maximum atomic E-state index is 14.1. The Balaban J connectivity index is 1.26. The Hall–Kier alpha value is -4.04. The fourth-order valence-corrected chi connectivity index (χ4v) is 4.27. The predicted molar refractivity (Wildman–Crippen MR) is 129 cm³/mol. The van der Waals surface area contributed by atoms with Crippen LogP contribution in [0.5, 0.6) is 5.75 Å². The van der Waals surface area contributed by atoms with Gasteiger partial charge in [-0.1, -0.05) is 24.3 Å². The summed E-state index contributed by atoms with van der Waals surface area (Å²) >= 11 is 0. The summed E-state index contributed by atoms with van der Waals surface area (Å²) in [7, 11) is 0. The van der Waals surface area contributed by atoms with Gasteiger partial charge in [-0.05, 0) is 73.8 Å². The molecule has 5 rings (SSSR count). The van der Waals surface area contributed by atoms with Crippen molar-refractivity contribution in [3.63, 3.8) is 0 Å². The van der Waals surface area contributed by atoms with E-state index in [2.05, 4.69) is 5.32 Å². The number of aryl methyl sites for hydroxylation is 1. The highest BCUT2D eigenvalue weighted by Crippen LogP contribution is 2.35. The fourth-order valence-electron chi connectivity index (χ4n) is 4.27. The number of furan rings is 1. The van der Waals surface area contributed by atoms with Gasteiger partial charge in [-0.2, -0.15) is 0 Å². The van der Waals surface area contributed by atoms with E-state index in [4.69, 9.17) is 13.9 Å². The molecular formula is C28H23F2NO5. The first-order valence-electron chi connectivity index (χ1n) is 11.6. The van der Waals surface area contributed by atoms with Gasteiger partial charge in [0.1, 0.15) is 29.7 Å². The average Bonchev–Trinajstić information content (AvgIpc) is 3.56. The van der Waals surface area contributed by atoms with Crippen LogP contribution in [0.2, 0.25) is 0 Å². The van der Waals surface area contributed by atoms with Crippen LogP contribution in [0, 0.1) is 18.6 Å². The summed E-state index contributed by atoms with van der Waals surface area (Å²) in [4.78, 5) is 24.5. The van der Waals surface area contributed by atoms with E-state index in [1.807, 2.05) is 0 Å². The quantitative estimate of drug-likeness (QED) is 0.275. The Labute approximate surface area is 205 Å². The van der Waals surface area contributed by atoms with E-state index in [1.165, 1.54) is 6.07 Å². The minimum absolute atomic E-state index is 0.0995. The number of hydrogen-bond donors (Lipinski definition) is 1. The molecule has 8 heteroatoms. The SMILES string of the molecule is Cc1cc2c(F)c(F)cc(-c3ccc(OCc4cccc(C(=O)OC(=O)[C@@H]5CCCN5)c4)cc3)c2o1. The minimum Gasteiger partial charge on any atom is -0.489 e.